The number of hydrogen-bond donors (Lipinski definition) is 1. The molecule has 0 radical (unpaired) electrons. The molecule has 0 aliphatic heterocycles. The summed E-state index contributed by atoms with van der Waals surface area (Å²) in [6.07, 6.45) is 0.905. The molecule has 1 heterocycles. The van der Waals surface area contributed by atoms with Crippen molar-refractivity contribution in [1.29, 1.82) is 0 Å². The van der Waals surface area contributed by atoms with E-state index in [1.807, 2.05) is 24.3 Å². The van der Waals surface area contributed by atoms with Crippen molar-refractivity contribution in [1.82, 2.24) is 9.97 Å². The van der Waals surface area contributed by atoms with E-state index in [1.54, 1.807) is 0 Å². The van der Waals surface area contributed by atoms with E-state index in [0.29, 0.717) is 10.9 Å². The molecule has 21 heavy (non-hydrogen) atoms. The summed E-state index contributed by atoms with van der Waals surface area (Å²) in [5, 5.41) is 4.00. The quantitative estimate of drug-likeness (QED) is 0.789. The predicted molar refractivity (Wildman–Crippen MR) is 92.9 cm³/mol. The first kappa shape index (κ1) is 16.2. The Kier molecular flexibility index (Phi) is 5.59. The zero-order chi connectivity index (χ0) is 15.4. The van der Waals surface area contributed by atoms with Gasteiger partial charge in [0.05, 0.1) is 10.2 Å². The van der Waals surface area contributed by atoms with Crippen molar-refractivity contribution in [3.8, 4) is 11.4 Å². The van der Waals surface area contributed by atoms with Gasteiger partial charge in [-0.3, -0.25) is 0 Å². The molecular weight excluding hydrogens is 350 g/mol. The number of benzene rings is 1. The van der Waals surface area contributed by atoms with Gasteiger partial charge in [-0.05, 0) is 59.5 Å². The molecule has 2 rings (SSSR count). The van der Waals surface area contributed by atoms with Gasteiger partial charge in [0, 0.05) is 17.1 Å². The summed E-state index contributed by atoms with van der Waals surface area (Å²) in [5.41, 5.74) is 2.00. The van der Waals surface area contributed by atoms with Crippen LogP contribution in [0.1, 0.15) is 26.5 Å². The largest absolute Gasteiger partial charge is 0.369 e. The first-order valence-electron chi connectivity index (χ1n) is 7.07. The summed E-state index contributed by atoms with van der Waals surface area (Å²) in [6.45, 7) is 7.24. The Bertz CT molecular complexity index is 612. The molecule has 1 aromatic carbocycles. The van der Waals surface area contributed by atoms with Crippen LogP contribution in [0.4, 0.5) is 5.82 Å². The number of rotatable bonds is 5. The fourth-order valence-electron chi connectivity index (χ4n) is 2.03. The third-order valence-electron chi connectivity index (χ3n) is 2.97. The highest BCUT2D eigenvalue weighted by molar-refractivity contribution is 9.10. The van der Waals surface area contributed by atoms with Gasteiger partial charge in [-0.2, -0.15) is 0 Å². The Balaban J connectivity index is 2.49. The Hall–Kier alpha value is -1.13. The maximum atomic E-state index is 5.94. The van der Waals surface area contributed by atoms with Crippen molar-refractivity contribution >= 4 is 33.3 Å². The van der Waals surface area contributed by atoms with Crippen molar-refractivity contribution in [3.05, 3.63) is 39.5 Å². The van der Waals surface area contributed by atoms with Gasteiger partial charge in [-0.15, -0.1) is 0 Å². The van der Waals surface area contributed by atoms with E-state index >= 15 is 0 Å². The van der Waals surface area contributed by atoms with E-state index in [1.165, 1.54) is 0 Å². The molecule has 112 valence electrons. The van der Waals surface area contributed by atoms with Gasteiger partial charge in [0.25, 0.3) is 0 Å². The summed E-state index contributed by atoms with van der Waals surface area (Å²) in [4.78, 5) is 9.33. The molecule has 1 N–H and O–H groups in total. The number of hydrogen-bond acceptors (Lipinski definition) is 3. The third kappa shape index (κ3) is 4.17. The van der Waals surface area contributed by atoms with Crippen LogP contribution in [-0.4, -0.2) is 16.5 Å². The Labute approximate surface area is 139 Å². The normalized spacial score (nSPS) is 11.0. The van der Waals surface area contributed by atoms with Crippen LogP contribution < -0.4 is 5.32 Å². The molecule has 0 aliphatic carbocycles. The van der Waals surface area contributed by atoms with Gasteiger partial charge in [-0.1, -0.05) is 25.4 Å². The van der Waals surface area contributed by atoms with E-state index in [4.69, 9.17) is 16.6 Å². The lowest BCUT2D eigenvalue weighted by atomic mass is 10.1. The highest BCUT2D eigenvalue weighted by atomic mass is 79.9. The maximum absolute atomic E-state index is 5.94. The van der Waals surface area contributed by atoms with Crippen molar-refractivity contribution in [2.24, 2.45) is 5.92 Å². The number of nitrogens with one attached hydrogen (secondary N) is 1. The molecule has 3 nitrogen and oxygen atoms in total. The van der Waals surface area contributed by atoms with Crippen LogP contribution in [0.3, 0.4) is 0 Å². The summed E-state index contributed by atoms with van der Waals surface area (Å²) >= 11 is 9.57. The van der Waals surface area contributed by atoms with Crippen LogP contribution in [0.5, 0.6) is 0 Å². The average molecular weight is 369 g/mol. The van der Waals surface area contributed by atoms with Crippen LogP contribution in [0.15, 0.2) is 28.7 Å². The molecule has 0 atom stereocenters. The minimum Gasteiger partial charge on any atom is -0.369 e. The fraction of sp³-hybridized carbons (Fsp3) is 0.375. The monoisotopic (exact) mass is 367 g/mol. The number of anilines is 1. The van der Waals surface area contributed by atoms with Crippen LogP contribution in [0.2, 0.25) is 5.02 Å². The van der Waals surface area contributed by atoms with Crippen molar-refractivity contribution in [2.45, 2.75) is 27.2 Å². The van der Waals surface area contributed by atoms with Crippen molar-refractivity contribution < 1.29 is 0 Å². The van der Waals surface area contributed by atoms with Gasteiger partial charge in [-0.25, -0.2) is 9.97 Å². The molecule has 0 fully saturated rings. The second kappa shape index (κ2) is 7.23. The van der Waals surface area contributed by atoms with Crippen molar-refractivity contribution in [3.63, 3.8) is 0 Å². The van der Waals surface area contributed by atoms with Crippen molar-refractivity contribution in [2.75, 3.05) is 11.9 Å². The number of halogens is 2. The SMILES string of the molecule is CCNc1nc(-c2ccc(Cl)cc2)nc(CC(C)C)c1Br. The van der Waals surface area contributed by atoms with E-state index in [2.05, 4.69) is 47.0 Å². The lowest BCUT2D eigenvalue weighted by Crippen LogP contribution is -2.08. The van der Waals surface area contributed by atoms with Gasteiger partial charge < -0.3 is 5.32 Å². The molecule has 0 aliphatic rings. The summed E-state index contributed by atoms with van der Waals surface area (Å²) < 4.78 is 0.954. The maximum Gasteiger partial charge on any atom is 0.161 e. The van der Waals surface area contributed by atoms with Gasteiger partial charge in [0.2, 0.25) is 0 Å². The minimum atomic E-state index is 0.531. The second-order valence-electron chi connectivity index (χ2n) is 5.29. The lowest BCUT2D eigenvalue weighted by Gasteiger charge is -2.13. The molecular formula is C16H19BrClN3. The summed E-state index contributed by atoms with van der Waals surface area (Å²) in [6, 6.07) is 7.61. The average Bonchev–Trinajstić information content (AvgIpc) is 2.43. The molecule has 2 aromatic rings. The van der Waals surface area contributed by atoms with E-state index in [-0.39, 0.29) is 0 Å². The molecule has 0 saturated heterocycles. The third-order valence-corrected chi connectivity index (χ3v) is 4.05. The lowest BCUT2D eigenvalue weighted by molar-refractivity contribution is 0.632. The fourth-order valence-corrected chi connectivity index (χ4v) is 2.63. The smallest absolute Gasteiger partial charge is 0.161 e. The minimum absolute atomic E-state index is 0.531. The van der Waals surface area contributed by atoms with E-state index in [0.717, 1.165) is 40.3 Å². The molecule has 0 spiro atoms. The molecule has 5 heteroatoms. The molecule has 0 saturated carbocycles. The topological polar surface area (TPSA) is 37.8 Å². The standard InChI is InChI=1S/C16H19BrClN3/c1-4-19-16-14(17)13(9-10(2)3)20-15(21-16)11-5-7-12(18)8-6-11/h5-8,10H,4,9H2,1-3H3,(H,19,20,21). The first-order valence-corrected chi connectivity index (χ1v) is 8.24. The molecule has 1 aromatic heterocycles. The number of nitrogens with zero attached hydrogens (tertiary/aromatic N) is 2. The first-order chi connectivity index (χ1) is 10.0. The van der Waals surface area contributed by atoms with Gasteiger partial charge in [0.1, 0.15) is 5.82 Å². The Morgan fingerprint density at radius 2 is 1.86 bits per heavy atom. The second-order valence-corrected chi connectivity index (χ2v) is 6.52. The highest BCUT2D eigenvalue weighted by Crippen LogP contribution is 2.29. The summed E-state index contributed by atoms with van der Waals surface area (Å²) in [5.74, 6) is 2.10. The predicted octanol–water partition coefficient (Wildman–Crippen LogP) is 5.19. The van der Waals surface area contributed by atoms with E-state index in [9.17, 15) is 0 Å². The van der Waals surface area contributed by atoms with Crippen LogP contribution >= 0.6 is 27.5 Å². The molecule has 0 bridgehead atoms. The number of aromatic nitrogens is 2. The Morgan fingerprint density at radius 3 is 2.43 bits per heavy atom. The molecule has 0 amide bonds. The zero-order valence-electron chi connectivity index (χ0n) is 12.5. The molecule has 0 unspecified atom stereocenters. The van der Waals surface area contributed by atoms with E-state index < -0.39 is 0 Å². The van der Waals surface area contributed by atoms with Crippen LogP contribution in [0.25, 0.3) is 11.4 Å². The van der Waals surface area contributed by atoms with Gasteiger partial charge in [0.15, 0.2) is 5.82 Å². The van der Waals surface area contributed by atoms with Crippen LogP contribution in [-0.2, 0) is 6.42 Å². The summed E-state index contributed by atoms with van der Waals surface area (Å²) in [7, 11) is 0. The Morgan fingerprint density at radius 1 is 1.19 bits per heavy atom. The highest BCUT2D eigenvalue weighted by Gasteiger charge is 2.14. The van der Waals surface area contributed by atoms with Gasteiger partial charge >= 0.3 is 0 Å². The van der Waals surface area contributed by atoms with Crippen LogP contribution in [0, 0.1) is 5.92 Å². The zero-order valence-corrected chi connectivity index (χ0v) is 14.8.